The van der Waals surface area contributed by atoms with Crippen molar-refractivity contribution < 1.29 is 18.0 Å². The van der Waals surface area contributed by atoms with Crippen LogP contribution in [-0.2, 0) is 19.6 Å². The molecule has 136 valence electrons. The number of nitrogens with two attached hydrogens (primary N) is 1. The van der Waals surface area contributed by atoms with Gasteiger partial charge < -0.3 is 10.2 Å². The molecule has 0 aromatic heterocycles. The van der Waals surface area contributed by atoms with Gasteiger partial charge in [-0.05, 0) is 30.3 Å². The summed E-state index contributed by atoms with van der Waals surface area (Å²) in [6.07, 6.45) is 0.0476. The molecule has 1 aliphatic rings. The predicted molar refractivity (Wildman–Crippen MR) is 98.4 cm³/mol. The van der Waals surface area contributed by atoms with E-state index < -0.39 is 15.9 Å². The lowest BCUT2D eigenvalue weighted by atomic mass is 10.1. The van der Waals surface area contributed by atoms with E-state index in [-0.39, 0.29) is 29.7 Å². The van der Waals surface area contributed by atoms with Crippen LogP contribution in [-0.4, -0.2) is 26.8 Å². The number of hydrogen-bond acceptors (Lipinski definition) is 4. The van der Waals surface area contributed by atoms with Gasteiger partial charge in [-0.1, -0.05) is 29.8 Å². The molecule has 1 aliphatic heterocycles. The number of primary sulfonamides is 1. The monoisotopic (exact) mass is 393 g/mol. The molecule has 1 fully saturated rings. The van der Waals surface area contributed by atoms with Gasteiger partial charge in [-0.15, -0.1) is 0 Å². The fourth-order valence-electron chi connectivity index (χ4n) is 2.78. The Bertz CT molecular complexity index is 977. The van der Waals surface area contributed by atoms with Gasteiger partial charge in [-0.3, -0.25) is 9.59 Å². The van der Waals surface area contributed by atoms with Crippen LogP contribution in [0.4, 0.5) is 11.4 Å². The summed E-state index contributed by atoms with van der Waals surface area (Å²) in [6.45, 7) is 0.198. The third kappa shape index (κ3) is 3.87. The van der Waals surface area contributed by atoms with Gasteiger partial charge >= 0.3 is 0 Å². The molecule has 1 saturated heterocycles. The van der Waals surface area contributed by atoms with Crippen molar-refractivity contribution in [3.63, 3.8) is 0 Å². The number of rotatable bonds is 4. The lowest BCUT2D eigenvalue weighted by molar-refractivity contribution is -0.122. The number of sulfonamides is 1. The van der Waals surface area contributed by atoms with Crippen molar-refractivity contribution in [2.45, 2.75) is 11.3 Å². The number of amides is 2. The maximum absolute atomic E-state index is 12.5. The average Bonchev–Trinajstić information content (AvgIpc) is 2.97. The Morgan fingerprint density at radius 2 is 1.92 bits per heavy atom. The van der Waals surface area contributed by atoms with Crippen LogP contribution in [0.25, 0.3) is 0 Å². The molecule has 0 saturated carbocycles. The van der Waals surface area contributed by atoms with E-state index in [1.165, 1.54) is 23.1 Å². The average molecular weight is 394 g/mol. The molecular weight excluding hydrogens is 378 g/mol. The SMILES string of the molecule is NS(=O)(=O)c1cccc(NC(=O)[C@@H]2CC(=O)N(c3ccccc3Cl)C2)c1. The molecule has 9 heteroatoms. The van der Waals surface area contributed by atoms with E-state index in [9.17, 15) is 18.0 Å². The number of benzene rings is 2. The highest BCUT2D eigenvalue weighted by molar-refractivity contribution is 7.89. The molecule has 7 nitrogen and oxygen atoms in total. The van der Waals surface area contributed by atoms with Crippen LogP contribution in [0, 0.1) is 5.92 Å². The smallest absolute Gasteiger partial charge is 0.238 e. The Balaban J connectivity index is 1.74. The summed E-state index contributed by atoms with van der Waals surface area (Å²) in [7, 11) is -3.87. The van der Waals surface area contributed by atoms with Crippen LogP contribution in [0.15, 0.2) is 53.4 Å². The molecule has 0 aliphatic carbocycles. The van der Waals surface area contributed by atoms with E-state index in [4.69, 9.17) is 16.7 Å². The third-order valence-electron chi connectivity index (χ3n) is 4.07. The van der Waals surface area contributed by atoms with Gasteiger partial charge in [-0.2, -0.15) is 0 Å². The van der Waals surface area contributed by atoms with Crippen molar-refractivity contribution in [3.8, 4) is 0 Å². The summed E-state index contributed by atoms with van der Waals surface area (Å²) in [5, 5.41) is 8.16. The summed E-state index contributed by atoms with van der Waals surface area (Å²) in [4.78, 5) is 26.1. The number of hydrogen-bond donors (Lipinski definition) is 2. The van der Waals surface area contributed by atoms with E-state index in [2.05, 4.69) is 5.32 Å². The molecule has 2 aromatic carbocycles. The Kier molecular flexibility index (Phi) is 4.99. The van der Waals surface area contributed by atoms with E-state index in [0.29, 0.717) is 16.4 Å². The molecule has 2 aromatic rings. The Hall–Kier alpha value is -2.42. The van der Waals surface area contributed by atoms with Gasteiger partial charge in [0.15, 0.2) is 0 Å². The maximum Gasteiger partial charge on any atom is 0.238 e. The lowest BCUT2D eigenvalue weighted by Crippen LogP contribution is -2.28. The van der Waals surface area contributed by atoms with Gasteiger partial charge in [0.2, 0.25) is 21.8 Å². The fourth-order valence-corrected chi connectivity index (χ4v) is 3.58. The zero-order valence-electron chi connectivity index (χ0n) is 13.6. The van der Waals surface area contributed by atoms with Crippen molar-refractivity contribution in [3.05, 3.63) is 53.6 Å². The normalized spacial score (nSPS) is 17.4. The summed E-state index contributed by atoms with van der Waals surface area (Å²) in [6, 6.07) is 12.6. The molecule has 0 radical (unpaired) electrons. The highest BCUT2D eigenvalue weighted by atomic mass is 35.5. The maximum atomic E-state index is 12.5. The Morgan fingerprint density at radius 3 is 2.62 bits per heavy atom. The second-order valence-corrected chi connectivity index (χ2v) is 7.89. The second-order valence-electron chi connectivity index (χ2n) is 5.92. The van der Waals surface area contributed by atoms with Crippen molar-refractivity contribution in [1.82, 2.24) is 0 Å². The van der Waals surface area contributed by atoms with Crippen LogP contribution >= 0.6 is 11.6 Å². The number of anilines is 2. The van der Waals surface area contributed by atoms with Gasteiger partial charge in [0.25, 0.3) is 0 Å². The molecule has 1 atom stereocenters. The molecule has 26 heavy (non-hydrogen) atoms. The van der Waals surface area contributed by atoms with Gasteiger partial charge in [-0.25, -0.2) is 13.6 Å². The van der Waals surface area contributed by atoms with Gasteiger partial charge in [0.1, 0.15) is 0 Å². The first-order valence-corrected chi connectivity index (χ1v) is 9.67. The Morgan fingerprint density at radius 1 is 1.19 bits per heavy atom. The number of nitrogens with zero attached hydrogens (tertiary/aromatic N) is 1. The number of para-hydroxylation sites is 1. The largest absolute Gasteiger partial charge is 0.326 e. The first-order chi connectivity index (χ1) is 12.3. The van der Waals surface area contributed by atoms with Crippen molar-refractivity contribution in [2.75, 3.05) is 16.8 Å². The molecule has 3 N–H and O–H groups in total. The van der Waals surface area contributed by atoms with E-state index in [0.717, 1.165) is 0 Å². The minimum atomic E-state index is -3.87. The van der Waals surface area contributed by atoms with E-state index in [1.807, 2.05) is 0 Å². The number of halogens is 1. The zero-order valence-corrected chi connectivity index (χ0v) is 15.1. The summed E-state index contributed by atoms with van der Waals surface area (Å²) < 4.78 is 22.8. The fraction of sp³-hybridized carbons (Fsp3) is 0.176. The topological polar surface area (TPSA) is 110 Å². The molecule has 1 heterocycles. The highest BCUT2D eigenvalue weighted by Gasteiger charge is 2.35. The van der Waals surface area contributed by atoms with Crippen LogP contribution in [0.5, 0.6) is 0 Å². The van der Waals surface area contributed by atoms with Crippen LogP contribution in [0.2, 0.25) is 5.02 Å². The summed E-state index contributed by atoms with van der Waals surface area (Å²) >= 11 is 6.12. The summed E-state index contributed by atoms with van der Waals surface area (Å²) in [5.41, 5.74) is 0.857. The van der Waals surface area contributed by atoms with Gasteiger partial charge in [0, 0.05) is 18.7 Å². The first kappa shape index (κ1) is 18.4. The molecule has 3 rings (SSSR count). The zero-order chi connectivity index (χ0) is 18.9. The van der Waals surface area contributed by atoms with Crippen molar-refractivity contribution >= 4 is 44.8 Å². The highest BCUT2D eigenvalue weighted by Crippen LogP contribution is 2.31. The predicted octanol–water partition coefficient (Wildman–Crippen LogP) is 1.98. The second kappa shape index (κ2) is 7.06. The minimum absolute atomic E-state index is 0.0476. The number of carbonyl (C=O) groups is 2. The van der Waals surface area contributed by atoms with Gasteiger partial charge in [0.05, 0.1) is 21.5 Å². The third-order valence-corrected chi connectivity index (χ3v) is 5.30. The van der Waals surface area contributed by atoms with Crippen LogP contribution < -0.4 is 15.4 Å². The van der Waals surface area contributed by atoms with E-state index >= 15 is 0 Å². The lowest BCUT2D eigenvalue weighted by Gasteiger charge is -2.18. The van der Waals surface area contributed by atoms with Crippen molar-refractivity contribution in [1.29, 1.82) is 0 Å². The number of nitrogens with one attached hydrogen (secondary N) is 1. The number of carbonyl (C=O) groups excluding carboxylic acids is 2. The van der Waals surface area contributed by atoms with E-state index in [1.54, 1.807) is 30.3 Å². The van der Waals surface area contributed by atoms with Crippen LogP contribution in [0.1, 0.15) is 6.42 Å². The molecular formula is C17H16ClN3O4S. The van der Waals surface area contributed by atoms with Crippen LogP contribution in [0.3, 0.4) is 0 Å². The molecule has 0 bridgehead atoms. The Labute approximate surface area is 155 Å². The minimum Gasteiger partial charge on any atom is -0.326 e. The summed E-state index contributed by atoms with van der Waals surface area (Å²) in [5.74, 6) is -1.15. The quantitative estimate of drug-likeness (QED) is 0.827. The molecule has 0 spiro atoms. The first-order valence-electron chi connectivity index (χ1n) is 7.74. The molecule has 2 amide bonds. The van der Waals surface area contributed by atoms with Crippen molar-refractivity contribution in [2.24, 2.45) is 11.1 Å². The molecule has 0 unspecified atom stereocenters. The standard InChI is InChI=1S/C17H16ClN3O4S/c18-14-6-1-2-7-15(14)21-10-11(8-16(21)22)17(23)20-12-4-3-5-13(9-12)26(19,24)25/h1-7,9,11H,8,10H2,(H,20,23)(H2,19,24,25)/t11-/m1/s1.